The van der Waals surface area contributed by atoms with Crippen LogP contribution in [0.3, 0.4) is 0 Å². The minimum absolute atomic E-state index is 0.404. The molecule has 19 heavy (non-hydrogen) atoms. The molecule has 0 unspecified atom stereocenters. The van der Waals surface area contributed by atoms with Crippen molar-refractivity contribution < 1.29 is 0 Å². The first-order valence-corrected chi connectivity index (χ1v) is 7.33. The number of tetrazole rings is 1. The van der Waals surface area contributed by atoms with Crippen LogP contribution >= 0.6 is 11.8 Å². The van der Waals surface area contributed by atoms with Gasteiger partial charge < -0.3 is 10.3 Å². The van der Waals surface area contributed by atoms with E-state index in [0.29, 0.717) is 18.3 Å². The van der Waals surface area contributed by atoms with Crippen LogP contribution in [0.15, 0.2) is 5.16 Å². The zero-order valence-electron chi connectivity index (χ0n) is 10.7. The van der Waals surface area contributed by atoms with Gasteiger partial charge in [-0.25, -0.2) is 4.68 Å². The Bertz CT molecular complexity index is 558. The summed E-state index contributed by atoms with van der Waals surface area (Å²) in [7, 11) is 0. The first kappa shape index (κ1) is 12.5. The highest BCUT2D eigenvalue weighted by Crippen LogP contribution is 2.35. The molecule has 0 aliphatic heterocycles. The van der Waals surface area contributed by atoms with Crippen LogP contribution in [0.1, 0.15) is 37.5 Å². The molecule has 2 heterocycles. The lowest BCUT2D eigenvalue weighted by atomic mass is 10.6. The maximum atomic E-state index is 5.63. The number of thioether (sulfide) groups is 1. The smallest absolute Gasteiger partial charge is 0.191 e. The van der Waals surface area contributed by atoms with E-state index in [0.717, 1.165) is 23.4 Å². The number of rotatable bonds is 6. The van der Waals surface area contributed by atoms with Gasteiger partial charge in [0.2, 0.25) is 0 Å². The van der Waals surface area contributed by atoms with E-state index in [1.165, 1.54) is 12.8 Å². The van der Waals surface area contributed by atoms with E-state index in [2.05, 4.69) is 32.6 Å². The number of hydrogen-bond acceptors (Lipinski definition) is 7. The van der Waals surface area contributed by atoms with Gasteiger partial charge in [-0.05, 0) is 30.2 Å². The molecule has 0 spiro atoms. The molecule has 1 saturated carbocycles. The first-order valence-electron chi connectivity index (χ1n) is 6.35. The van der Waals surface area contributed by atoms with Crippen molar-refractivity contribution in [2.45, 2.75) is 49.8 Å². The minimum atomic E-state index is 0.404. The third-order valence-electron chi connectivity index (χ3n) is 3.08. The van der Waals surface area contributed by atoms with Crippen LogP contribution in [0.4, 0.5) is 0 Å². The lowest BCUT2D eigenvalue weighted by Gasteiger charge is -2.05. The largest absolute Gasteiger partial charge is 0.324 e. The summed E-state index contributed by atoms with van der Waals surface area (Å²) in [5.74, 6) is 2.41. The van der Waals surface area contributed by atoms with Crippen LogP contribution in [-0.4, -0.2) is 35.0 Å². The molecule has 2 aromatic heterocycles. The Kier molecular flexibility index (Phi) is 3.47. The third kappa shape index (κ3) is 2.47. The van der Waals surface area contributed by atoms with Crippen LogP contribution in [0.25, 0.3) is 0 Å². The molecule has 102 valence electrons. The summed E-state index contributed by atoms with van der Waals surface area (Å²) < 4.78 is 3.94. The summed E-state index contributed by atoms with van der Waals surface area (Å²) in [5.41, 5.74) is 5.63. The molecule has 9 heteroatoms. The van der Waals surface area contributed by atoms with E-state index in [9.17, 15) is 0 Å². The lowest BCUT2D eigenvalue weighted by Crippen LogP contribution is -2.08. The van der Waals surface area contributed by atoms with Gasteiger partial charge in [0.25, 0.3) is 0 Å². The molecule has 2 N–H and O–H groups in total. The van der Waals surface area contributed by atoms with Crippen molar-refractivity contribution in [1.29, 1.82) is 0 Å². The highest BCUT2D eigenvalue weighted by atomic mass is 32.2. The molecule has 2 aromatic rings. The van der Waals surface area contributed by atoms with Gasteiger partial charge in [0.15, 0.2) is 11.0 Å². The number of nitrogens with zero attached hydrogens (tertiary/aromatic N) is 7. The summed E-state index contributed by atoms with van der Waals surface area (Å²) in [6.45, 7) is 3.28. The van der Waals surface area contributed by atoms with Crippen LogP contribution in [0.5, 0.6) is 0 Å². The average Bonchev–Trinajstić information content (AvgIpc) is 3.04. The van der Waals surface area contributed by atoms with Crippen LogP contribution in [0.2, 0.25) is 0 Å². The molecular formula is C10H16N8S. The minimum Gasteiger partial charge on any atom is -0.324 e. The first-order chi connectivity index (χ1) is 9.33. The van der Waals surface area contributed by atoms with E-state index < -0.39 is 0 Å². The van der Waals surface area contributed by atoms with Crippen molar-refractivity contribution >= 4 is 11.8 Å². The molecule has 1 aliphatic rings. The summed E-state index contributed by atoms with van der Waals surface area (Å²) in [5, 5.41) is 21.0. The van der Waals surface area contributed by atoms with Crippen molar-refractivity contribution in [3.05, 3.63) is 11.6 Å². The highest BCUT2D eigenvalue weighted by Gasteiger charge is 2.27. The Balaban J connectivity index is 1.71. The summed E-state index contributed by atoms with van der Waals surface area (Å²) >= 11 is 1.60. The molecule has 0 aromatic carbocycles. The van der Waals surface area contributed by atoms with Crippen LogP contribution in [-0.2, 0) is 18.8 Å². The second-order valence-corrected chi connectivity index (χ2v) is 5.35. The molecule has 0 saturated heterocycles. The number of hydrogen-bond donors (Lipinski definition) is 1. The normalized spacial score (nSPS) is 15.1. The molecular weight excluding hydrogens is 264 g/mol. The van der Waals surface area contributed by atoms with Crippen molar-refractivity contribution in [1.82, 2.24) is 35.0 Å². The predicted molar refractivity (Wildman–Crippen MR) is 69.2 cm³/mol. The van der Waals surface area contributed by atoms with Crippen molar-refractivity contribution in [3.63, 3.8) is 0 Å². The maximum absolute atomic E-state index is 5.63. The van der Waals surface area contributed by atoms with Gasteiger partial charge in [0, 0.05) is 6.54 Å². The molecule has 8 nitrogen and oxygen atoms in total. The Morgan fingerprint density at radius 2 is 2.11 bits per heavy atom. The Hall–Kier alpha value is -1.48. The SMILES string of the molecule is CCn1c(CN)nnc1SCc1nnnn1C1CC1. The van der Waals surface area contributed by atoms with Gasteiger partial charge in [-0.2, -0.15) is 0 Å². The second kappa shape index (κ2) is 5.25. The van der Waals surface area contributed by atoms with Gasteiger partial charge in [0.05, 0.1) is 18.3 Å². The standard InChI is InChI=1S/C10H16N8S/c1-2-17-8(5-11)12-14-10(17)19-6-9-13-15-16-18(9)7-3-4-7/h7H,2-6,11H2,1H3. The van der Waals surface area contributed by atoms with Gasteiger partial charge in [0.1, 0.15) is 5.82 Å². The quantitative estimate of drug-likeness (QED) is 0.763. The molecule has 1 fully saturated rings. The fraction of sp³-hybridized carbons (Fsp3) is 0.700. The van der Waals surface area contributed by atoms with Gasteiger partial charge in [-0.15, -0.1) is 15.3 Å². The van der Waals surface area contributed by atoms with Crippen molar-refractivity contribution in [2.24, 2.45) is 5.73 Å². The van der Waals surface area contributed by atoms with E-state index >= 15 is 0 Å². The zero-order valence-corrected chi connectivity index (χ0v) is 11.5. The second-order valence-electron chi connectivity index (χ2n) is 4.41. The molecule has 1 aliphatic carbocycles. The van der Waals surface area contributed by atoms with Gasteiger partial charge in [-0.3, -0.25) is 0 Å². The number of nitrogens with two attached hydrogens (primary N) is 1. The van der Waals surface area contributed by atoms with Crippen LogP contribution in [0, 0.1) is 0 Å². The molecule has 0 amide bonds. The zero-order chi connectivity index (χ0) is 13.2. The summed E-state index contributed by atoms with van der Waals surface area (Å²) in [4.78, 5) is 0. The Morgan fingerprint density at radius 3 is 2.79 bits per heavy atom. The lowest BCUT2D eigenvalue weighted by molar-refractivity contribution is 0.592. The Labute approximate surface area is 114 Å². The van der Waals surface area contributed by atoms with E-state index in [-0.39, 0.29) is 0 Å². The fourth-order valence-electron chi connectivity index (χ4n) is 1.93. The molecule has 0 atom stereocenters. The third-order valence-corrected chi connectivity index (χ3v) is 4.04. The fourth-order valence-corrected chi connectivity index (χ4v) is 2.87. The summed E-state index contributed by atoms with van der Waals surface area (Å²) in [6, 6.07) is 0.495. The van der Waals surface area contributed by atoms with Crippen molar-refractivity contribution in [2.75, 3.05) is 0 Å². The maximum Gasteiger partial charge on any atom is 0.191 e. The monoisotopic (exact) mass is 280 g/mol. The van der Waals surface area contributed by atoms with E-state index in [1.54, 1.807) is 11.8 Å². The topological polar surface area (TPSA) is 100 Å². The Morgan fingerprint density at radius 1 is 1.26 bits per heavy atom. The van der Waals surface area contributed by atoms with Gasteiger partial charge in [-0.1, -0.05) is 11.8 Å². The number of aromatic nitrogens is 7. The molecule has 0 radical (unpaired) electrons. The average molecular weight is 280 g/mol. The molecule has 3 rings (SSSR count). The predicted octanol–water partition coefficient (Wildman–Crippen LogP) is 0.370. The van der Waals surface area contributed by atoms with Crippen LogP contribution < -0.4 is 5.73 Å². The molecule has 0 bridgehead atoms. The van der Waals surface area contributed by atoms with E-state index in [1.807, 2.05) is 9.25 Å². The highest BCUT2D eigenvalue weighted by molar-refractivity contribution is 7.98. The summed E-state index contributed by atoms with van der Waals surface area (Å²) in [6.07, 6.45) is 2.34. The van der Waals surface area contributed by atoms with E-state index in [4.69, 9.17) is 5.73 Å². The van der Waals surface area contributed by atoms with Gasteiger partial charge >= 0.3 is 0 Å². The van der Waals surface area contributed by atoms with Crippen molar-refractivity contribution in [3.8, 4) is 0 Å².